The van der Waals surface area contributed by atoms with Crippen LogP contribution in [-0.2, 0) is 5.41 Å². The van der Waals surface area contributed by atoms with E-state index in [0.29, 0.717) is 12.2 Å². The van der Waals surface area contributed by atoms with Crippen molar-refractivity contribution in [3.63, 3.8) is 0 Å². The normalized spacial score (nSPS) is 14.3. The summed E-state index contributed by atoms with van der Waals surface area (Å²) in [6.45, 7) is 13.0. The number of hydrogen-bond acceptors (Lipinski definition) is 5. The molecule has 0 radical (unpaired) electrons. The third kappa shape index (κ3) is 3.34. The van der Waals surface area contributed by atoms with Crippen LogP contribution in [0.4, 0.5) is 5.69 Å². The quantitative estimate of drug-likeness (QED) is 0.347. The summed E-state index contributed by atoms with van der Waals surface area (Å²) in [7, 11) is 2.01. The van der Waals surface area contributed by atoms with E-state index < -0.39 is 0 Å². The van der Waals surface area contributed by atoms with E-state index in [0.717, 1.165) is 25.8 Å². The molecule has 0 saturated heterocycles. The van der Waals surface area contributed by atoms with Gasteiger partial charge in [-0.05, 0) is 53.1 Å². The Morgan fingerprint density at radius 3 is 2.72 bits per heavy atom. The van der Waals surface area contributed by atoms with Gasteiger partial charge in [0.2, 0.25) is 5.70 Å². The fourth-order valence-corrected chi connectivity index (χ4v) is 6.53. The minimum Gasteiger partial charge on any atom is -0.395 e. The molecule has 2 heterocycles. The fraction of sp³-hybridized carbons (Fsp3) is 0.231. The maximum atomic E-state index is 9.28. The molecule has 4 nitrogen and oxygen atoms in total. The van der Waals surface area contributed by atoms with Crippen molar-refractivity contribution in [3.05, 3.63) is 81.0 Å². The molecule has 0 amide bonds. The molecule has 0 saturated carbocycles. The third-order valence-corrected chi connectivity index (χ3v) is 8.31. The van der Waals surface area contributed by atoms with Gasteiger partial charge in [0.15, 0.2) is 0 Å². The van der Waals surface area contributed by atoms with E-state index in [9.17, 15) is 5.11 Å². The maximum absolute atomic E-state index is 9.28. The van der Waals surface area contributed by atoms with Gasteiger partial charge in [-0.3, -0.25) is 0 Å². The molecule has 0 spiro atoms. The molecule has 2 aromatic heterocycles. The lowest BCUT2D eigenvalue weighted by molar-refractivity contribution is 0.304. The number of rotatable bonds is 5. The Labute approximate surface area is 195 Å². The van der Waals surface area contributed by atoms with Gasteiger partial charge in [0, 0.05) is 34.4 Å². The van der Waals surface area contributed by atoms with Crippen molar-refractivity contribution < 1.29 is 5.11 Å². The SMILES string of the molecule is [C-]#[N+]/C(=C\c1cc2c(s1)-c1ccc(N(C)CCO)cc1C2(C)C)c1nc2ccccc2s1. The molecule has 1 N–H and O–H groups in total. The number of thiophene rings is 1. The minimum atomic E-state index is -0.114. The molecule has 0 atom stereocenters. The van der Waals surface area contributed by atoms with E-state index in [1.807, 2.05) is 37.4 Å². The summed E-state index contributed by atoms with van der Waals surface area (Å²) in [5.41, 5.74) is 6.41. The first-order valence-electron chi connectivity index (χ1n) is 10.5. The molecule has 4 aromatic rings. The van der Waals surface area contributed by atoms with E-state index in [1.54, 1.807) is 22.7 Å². The minimum absolute atomic E-state index is 0.114. The third-order valence-electron chi connectivity index (χ3n) is 6.13. The van der Waals surface area contributed by atoms with E-state index in [1.165, 1.54) is 21.6 Å². The average Bonchev–Trinajstić information content (AvgIpc) is 3.46. The second kappa shape index (κ2) is 7.86. The van der Waals surface area contributed by atoms with Crippen LogP contribution in [0, 0.1) is 6.57 Å². The Kier molecular flexibility index (Phi) is 5.13. The van der Waals surface area contributed by atoms with Crippen LogP contribution < -0.4 is 4.90 Å². The molecule has 0 aliphatic heterocycles. The van der Waals surface area contributed by atoms with Gasteiger partial charge in [-0.15, -0.1) is 22.7 Å². The molecule has 5 rings (SSSR count). The summed E-state index contributed by atoms with van der Waals surface area (Å²) in [4.78, 5) is 12.9. The van der Waals surface area contributed by atoms with Crippen molar-refractivity contribution in [2.24, 2.45) is 0 Å². The van der Waals surface area contributed by atoms with E-state index in [2.05, 4.69) is 52.8 Å². The van der Waals surface area contributed by atoms with Gasteiger partial charge < -0.3 is 10.0 Å². The van der Waals surface area contributed by atoms with Crippen LogP contribution in [0.3, 0.4) is 0 Å². The first-order valence-corrected chi connectivity index (χ1v) is 12.1. The van der Waals surface area contributed by atoms with Crippen LogP contribution in [0.1, 0.15) is 34.9 Å². The number of aromatic nitrogens is 1. The second-order valence-corrected chi connectivity index (χ2v) is 10.6. The number of likely N-dealkylation sites (N-methyl/N-ethyl adjacent to an activating group) is 1. The number of aliphatic hydroxyl groups excluding tert-OH is 1. The summed E-state index contributed by atoms with van der Waals surface area (Å²) in [6.07, 6.45) is 1.98. The topological polar surface area (TPSA) is 40.7 Å². The highest BCUT2D eigenvalue weighted by Crippen LogP contribution is 2.53. The first kappa shape index (κ1) is 20.9. The van der Waals surface area contributed by atoms with Crippen LogP contribution in [0.2, 0.25) is 0 Å². The number of aliphatic hydroxyl groups is 1. The predicted molar refractivity (Wildman–Crippen MR) is 136 cm³/mol. The molecule has 6 heteroatoms. The summed E-state index contributed by atoms with van der Waals surface area (Å²) in [5, 5.41) is 10.0. The van der Waals surface area contributed by atoms with E-state index in [4.69, 9.17) is 6.57 Å². The van der Waals surface area contributed by atoms with Crippen molar-refractivity contribution in [1.29, 1.82) is 0 Å². The van der Waals surface area contributed by atoms with Gasteiger partial charge in [-0.2, -0.15) is 0 Å². The second-order valence-electron chi connectivity index (χ2n) is 8.52. The number of benzene rings is 2. The Bertz CT molecular complexity index is 1370. The van der Waals surface area contributed by atoms with E-state index >= 15 is 0 Å². The number of hydrogen-bond donors (Lipinski definition) is 1. The Morgan fingerprint density at radius 2 is 1.97 bits per heavy atom. The molecule has 2 aromatic carbocycles. The highest BCUT2D eigenvalue weighted by Gasteiger charge is 2.37. The van der Waals surface area contributed by atoms with Crippen LogP contribution in [-0.4, -0.2) is 30.3 Å². The van der Waals surface area contributed by atoms with Gasteiger partial charge >= 0.3 is 0 Å². The van der Waals surface area contributed by atoms with Crippen molar-refractivity contribution in [3.8, 4) is 10.4 Å². The van der Waals surface area contributed by atoms with Gasteiger partial charge in [0.05, 0.1) is 23.4 Å². The molecule has 1 aliphatic rings. The van der Waals surface area contributed by atoms with Gasteiger partial charge in [-0.1, -0.05) is 32.0 Å². The smallest absolute Gasteiger partial charge is 0.223 e. The van der Waals surface area contributed by atoms with Crippen LogP contribution in [0.5, 0.6) is 0 Å². The summed E-state index contributed by atoms with van der Waals surface area (Å²) < 4.78 is 1.10. The lowest BCUT2D eigenvalue weighted by atomic mass is 9.82. The maximum Gasteiger partial charge on any atom is 0.223 e. The Morgan fingerprint density at radius 1 is 1.16 bits per heavy atom. The monoisotopic (exact) mass is 457 g/mol. The van der Waals surface area contributed by atoms with Crippen LogP contribution in [0.15, 0.2) is 48.5 Å². The first-order chi connectivity index (χ1) is 15.4. The number of nitrogens with zero attached hydrogens (tertiary/aromatic N) is 3. The van der Waals surface area contributed by atoms with Gasteiger partial charge in [-0.25, -0.2) is 9.83 Å². The molecule has 32 heavy (non-hydrogen) atoms. The molecule has 1 aliphatic carbocycles. The Balaban J connectivity index is 1.54. The summed E-state index contributed by atoms with van der Waals surface area (Å²) >= 11 is 3.31. The highest BCUT2D eigenvalue weighted by molar-refractivity contribution is 7.19. The molecule has 0 bridgehead atoms. The molecule has 0 fully saturated rings. The fourth-order valence-electron chi connectivity index (χ4n) is 4.31. The van der Waals surface area contributed by atoms with Crippen LogP contribution >= 0.6 is 22.7 Å². The van der Waals surface area contributed by atoms with E-state index in [-0.39, 0.29) is 12.0 Å². The summed E-state index contributed by atoms with van der Waals surface area (Å²) in [6, 6.07) is 16.8. The van der Waals surface area contributed by atoms with Crippen LogP contribution in [0.25, 0.3) is 37.3 Å². The molecule has 0 unspecified atom stereocenters. The molecule has 160 valence electrons. The van der Waals surface area contributed by atoms with Crippen molar-refractivity contribution in [1.82, 2.24) is 4.98 Å². The zero-order valence-electron chi connectivity index (χ0n) is 18.2. The standard InChI is InChI=1S/C26H23N3OS2/c1-26(2)19-13-16(29(4)11-12-30)9-10-18(19)24-20(26)14-17(31-24)15-22(27-3)25-28-21-7-5-6-8-23(21)32-25/h5-10,13-15,30H,11-12H2,1-2,4H3/b22-15-. The number of fused-ring (bicyclic) bond motifs is 4. The number of para-hydroxylation sites is 1. The van der Waals surface area contributed by atoms with Crippen molar-refractivity contribution >= 4 is 50.4 Å². The van der Waals surface area contributed by atoms with Crippen molar-refractivity contribution in [2.75, 3.05) is 25.1 Å². The van der Waals surface area contributed by atoms with Gasteiger partial charge in [0.25, 0.3) is 0 Å². The number of thiazole rings is 1. The lowest BCUT2D eigenvalue weighted by Gasteiger charge is -2.24. The highest BCUT2D eigenvalue weighted by atomic mass is 32.1. The van der Waals surface area contributed by atoms with Gasteiger partial charge in [0.1, 0.15) is 5.01 Å². The number of anilines is 1. The largest absolute Gasteiger partial charge is 0.395 e. The zero-order chi connectivity index (χ0) is 22.5. The lowest BCUT2D eigenvalue weighted by Crippen LogP contribution is -2.22. The average molecular weight is 458 g/mol. The van der Waals surface area contributed by atoms with Crippen molar-refractivity contribution in [2.45, 2.75) is 19.3 Å². The zero-order valence-corrected chi connectivity index (χ0v) is 19.8. The Hall–Kier alpha value is -2.98. The summed E-state index contributed by atoms with van der Waals surface area (Å²) in [5.74, 6) is 0. The molecular formula is C26H23N3OS2. The predicted octanol–water partition coefficient (Wildman–Crippen LogP) is 6.51. The molecular weight excluding hydrogens is 434 g/mol.